The van der Waals surface area contributed by atoms with Gasteiger partial charge in [-0.05, 0) is 50.4 Å². The molecule has 0 N–H and O–H groups in total. The van der Waals surface area contributed by atoms with Crippen LogP contribution in [-0.2, 0) is 6.42 Å². The molecular weight excluding hydrogens is 294 g/mol. The summed E-state index contributed by atoms with van der Waals surface area (Å²) in [5, 5.41) is 0. The minimum atomic E-state index is 0.556. The predicted octanol–water partition coefficient (Wildman–Crippen LogP) is 4.06. The third-order valence-corrected chi connectivity index (χ3v) is 5.20. The van der Waals surface area contributed by atoms with Crippen molar-refractivity contribution in [3.8, 4) is 0 Å². The van der Waals surface area contributed by atoms with Crippen molar-refractivity contribution in [2.24, 2.45) is 0 Å². The number of likely N-dealkylation sites (tertiary alicyclic amines) is 1. The molecule has 0 spiro atoms. The molecule has 3 aromatic rings. The lowest BCUT2D eigenvalue weighted by molar-refractivity contribution is 0.209. The van der Waals surface area contributed by atoms with E-state index in [-0.39, 0.29) is 0 Å². The van der Waals surface area contributed by atoms with E-state index in [1.165, 1.54) is 36.2 Å². The second kappa shape index (κ2) is 6.78. The van der Waals surface area contributed by atoms with Crippen LogP contribution in [0, 0.1) is 6.92 Å². The van der Waals surface area contributed by atoms with Gasteiger partial charge in [0.2, 0.25) is 0 Å². The van der Waals surface area contributed by atoms with Crippen molar-refractivity contribution in [1.29, 1.82) is 0 Å². The molecule has 3 heteroatoms. The van der Waals surface area contributed by atoms with Gasteiger partial charge >= 0.3 is 0 Å². The standard InChI is InChI=1S/C21H25N3/c1-17-22-21(20-11-5-6-14-24(17)20)19-10-7-13-23(16-19)15-12-18-8-3-2-4-9-18/h2-6,8-9,11,14,19H,7,10,12-13,15-16H2,1H3/t19-/m0/s1. The Bertz CT molecular complexity index is 806. The number of aromatic nitrogens is 2. The van der Waals surface area contributed by atoms with E-state index in [0.717, 1.165) is 25.3 Å². The fraction of sp³-hybridized carbons (Fsp3) is 0.381. The number of fused-ring (bicyclic) bond motifs is 1. The molecule has 0 unspecified atom stereocenters. The monoisotopic (exact) mass is 319 g/mol. The molecule has 3 nitrogen and oxygen atoms in total. The van der Waals surface area contributed by atoms with Gasteiger partial charge in [-0.25, -0.2) is 4.98 Å². The van der Waals surface area contributed by atoms with Crippen LogP contribution < -0.4 is 0 Å². The number of piperidine rings is 1. The van der Waals surface area contributed by atoms with Crippen LogP contribution in [0.25, 0.3) is 5.52 Å². The van der Waals surface area contributed by atoms with E-state index in [9.17, 15) is 0 Å². The molecule has 1 atom stereocenters. The molecule has 1 aromatic carbocycles. The Morgan fingerprint density at radius 2 is 1.92 bits per heavy atom. The number of imidazole rings is 1. The molecule has 24 heavy (non-hydrogen) atoms. The number of hydrogen-bond donors (Lipinski definition) is 0. The zero-order valence-corrected chi connectivity index (χ0v) is 14.4. The van der Waals surface area contributed by atoms with Crippen LogP contribution in [0.1, 0.15) is 35.8 Å². The van der Waals surface area contributed by atoms with E-state index >= 15 is 0 Å². The third kappa shape index (κ3) is 3.09. The van der Waals surface area contributed by atoms with Gasteiger partial charge in [0.05, 0.1) is 11.2 Å². The van der Waals surface area contributed by atoms with Crippen molar-refractivity contribution in [3.05, 3.63) is 71.8 Å². The van der Waals surface area contributed by atoms with Crippen LogP contribution in [0.5, 0.6) is 0 Å². The number of nitrogens with zero attached hydrogens (tertiary/aromatic N) is 3. The SMILES string of the molecule is Cc1nc([C@H]2CCCN(CCc3ccccc3)C2)c2ccccn12. The van der Waals surface area contributed by atoms with Gasteiger partial charge in [0, 0.05) is 25.2 Å². The van der Waals surface area contributed by atoms with Crippen LogP contribution in [0.4, 0.5) is 0 Å². The largest absolute Gasteiger partial charge is 0.304 e. The molecule has 0 aliphatic carbocycles. The maximum Gasteiger partial charge on any atom is 0.110 e. The van der Waals surface area contributed by atoms with E-state index in [4.69, 9.17) is 4.98 Å². The fourth-order valence-corrected chi connectivity index (χ4v) is 3.93. The smallest absolute Gasteiger partial charge is 0.110 e. The first-order valence-corrected chi connectivity index (χ1v) is 9.01. The average molecular weight is 319 g/mol. The summed E-state index contributed by atoms with van der Waals surface area (Å²) in [5.74, 6) is 1.66. The molecule has 0 bridgehead atoms. The first-order chi connectivity index (χ1) is 11.8. The van der Waals surface area contributed by atoms with E-state index in [2.05, 4.69) is 71.0 Å². The quantitative estimate of drug-likeness (QED) is 0.723. The summed E-state index contributed by atoms with van der Waals surface area (Å²) in [5.41, 5.74) is 4.00. The second-order valence-corrected chi connectivity index (χ2v) is 6.88. The predicted molar refractivity (Wildman–Crippen MR) is 98.5 cm³/mol. The molecule has 124 valence electrons. The third-order valence-electron chi connectivity index (χ3n) is 5.20. The number of pyridine rings is 1. The normalized spacial score (nSPS) is 19.0. The maximum atomic E-state index is 4.90. The average Bonchev–Trinajstić information content (AvgIpc) is 2.98. The van der Waals surface area contributed by atoms with E-state index in [1.807, 2.05) is 0 Å². The van der Waals surface area contributed by atoms with Crippen molar-refractivity contribution >= 4 is 5.52 Å². The van der Waals surface area contributed by atoms with Gasteiger partial charge in [-0.15, -0.1) is 0 Å². The summed E-state index contributed by atoms with van der Waals surface area (Å²) in [7, 11) is 0. The molecule has 0 radical (unpaired) electrons. The van der Waals surface area contributed by atoms with Gasteiger partial charge in [-0.2, -0.15) is 0 Å². The number of hydrogen-bond acceptors (Lipinski definition) is 2. The lowest BCUT2D eigenvalue weighted by Gasteiger charge is -2.32. The molecule has 3 heterocycles. The first kappa shape index (κ1) is 15.4. The zero-order valence-electron chi connectivity index (χ0n) is 14.4. The Morgan fingerprint density at radius 1 is 1.08 bits per heavy atom. The molecule has 1 fully saturated rings. The van der Waals surface area contributed by atoms with Crippen molar-refractivity contribution in [1.82, 2.24) is 14.3 Å². The van der Waals surface area contributed by atoms with Crippen LogP contribution in [0.2, 0.25) is 0 Å². The number of benzene rings is 1. The van der Waals surface area contributed by atoms with Gasteiger partial charge in [-0.3, -0.25) is 0 Å². The zero-order chi connectivity index (χ0) is 16.4. The van der Waals surface area contributed by atoms with Crippen molar-refractivity contribution in [2.45, 2.75) is 32.1 Å². The van der Waals surface area contributed by atoms with Crippen molar-refractivity contribution in [2.75, 3.05) is 19.6 Å². The lowest BCUT2D eigenvalue weighted by Crippen LogP contribution is -2.36. The molecule has 1 aliphatic rings. The summed E-state index contributed by atoms with van der Waals surface area (Å²) in [6.45, 7) is 5.60. The Hall–Kier alpha value is -2.13. The summed E-state index contributed by atoms with van der Waals surface area (Å²) < 4.78 is 2.22. The highest BCUT2D eigenvalue weighted by Gasteiger charge is 2.25. The van der Waals surface area contributed by atoms with Crippen molar-refractivity contribution in [3.63, 3.8) is 0 Å². The van der Waals surface area contributed by atoms with Crippen molar-refractivity contribution < 1.29 is 0 Å². The van der Waals surface area contributed by atoms with Gasteiger partial charge in [0.15, 0.2) is 0 Å². The maximum absolute atomic E-state index is 4.90. The number of aryl methyl sites for hydroxylation is 1. The molecule has 4 rings (SSSR count). The minimum absolute atomic E-state index is 0.556. The molecule has 2 aromatic heterocycles. The highest BCUT2D eigenvalue weighted by atomic mass is 15.1. The molecule has 0 amide bonds. The van der Waals surface area contributed by atoms with Gasteiger partial charge < -0.3 is 9.30 Å². The summed E-state index contributed by atoms with van der Waals surface area (Å²) >= 11 is 0. The topological polar surface area (TPSA) is 20.5 Å². The second-order valence-electron chi connectivity index (χ2n) is 6.88. The summed E-state index contributed by atoms with van der Waals surface area (Å²) in [6.07, 6.45) is 5.78. The highest BCUT2D eigenvalue weighted by Crippen LogP contribution is 2.29. The van der Waals surface area contributed by atoms with Crippen LogP contribution in [0.15, 0.2) is 54.7 Å². The highest BCUT2D eigenvalue weighted by molar-refractivity contribution is 5.54. The lowest BCUT2D eigenvalue weighted by atomic mass is 9.93. The fourth-order valence-electron chi connectivity index (χ4n) is 3.93. The van der Waals surface area contributed by atoms with Gasteiger partial charge in [0.25, 0.3) is 0 Å². The van der Waals surface area contributed by atoms with E-state index in [1.54, 1.807) is 0 Å². The Balaban J connectivity index is 1.48. The summed E-state index contributed by atoms with van der Waals surface area (Å²) in [6, 6.07) is 17.2. The summed E-state index contributed by atoms with van der Waals surface area (Å²) in [4.78, 5) is 7.52. The van der Waals surface area contributed by atoms with Gasteiger partial charge in [-0.1, -0.05) is 36.4 Å². The minimum Gasteiger partial charge on any atom is -0.304 e. The Morgan fingerprint density at radius 3 is 2.79 bits per heavy atom. The Labute approximate surface area is 143 Å². The Kier molecular flexibility index (Phi) is 4.35. The van der Waals surface area contributed by atoms with Crippen LogP contribution in [0.3, 0.4) is 0 Å². The van der Waals surface area contributed by atoms with E-state index < -0.39 is 0 Å². The van der Waals surface area contributed by atoms with Gasteiger partial charge in [0.1, 0.15) is 5.82 Å². The molecule has 1 saturated heterocycles. The first-order valence-electron chi connectivity index (χ1n) is 9.01. The molecule has 1 aliphatic heterocycles. The molecule has 0 saturated carbocycles. The number of rotatable bonds is 4. The van der Waals surface area contributed by atoms with Crippen LogP contribution >= 0.6 is 0 Å². The van der Waals surface area contributed by atoms with E-state index in [0.29, 0.717) is 5.92 Å². The van der Waals surface area contributed by atoms with Crippen LogP contribution in [-0.4, -0.2) is 33.9 Å². The molecular formula is C21H25N3.